The van der Waals surface area contributed by atoms with Crippen molar-refractivity contribution in [1.82, 2.24) is 0 Å². The van der Waals surface area contributed by atoms with Crippen LogP contribution in [0.1, 0.15) is 367 Å². The van der Waals surface area contributed by atoms with Gasteiger partial charge in [-0.15, -0.1) is 0 Å². The molecule has 81 heavy (non-hydrogen) atoms. The number of unbranched alkanes of at least 4 members (excludes halogenated alkanes) is 42. The minimum Gasteiger partial charge on any atom is -0.462 e. The predicted molar refractivity (Wildman–Crippen MR) is 353 cm³/mol. The third kappa shape index (κ3) is 67.5. The SMILES string of the molecule is CC/C=C\C/C=C\C/C=C\C/C=C\C/C=C\C/C=C\CCCCCCCCC(=O)OCC(COC(=O)CCCCCCCCCCCCCCCCCCCC)OC(=O)CCCCCCCCCCCCCCCCCCCCCC. The lowest BCUT2D eigenvalue weighted by Crippen LogP contribution is -2.30. The molecule has 1 atom stereocenters. The number of rotatable bonds is 65. The first-order valence-corrected chi connectivity index (χ1v) is 35.4. The third-order valence-electron chi connectivity index (χ3n) is 15.7. The monoisotopic (exact) mass is 1130 g/mol. The minimum absolute atomic E-state index is 0.0747. The minimum atomic E-state index is -0.781. The Morgan fingerprint density at radius 3 is 0.753 bits per heavy atom. The lowest BCUT2D eigenvalue weighted by molar-refractivity contribution is -0.167. The van der Waals surface area contributed by atoms with Gasteiger partial charge in [0.05, 0.1) is 0 Å². The van der Waals surface area contributed by atoms with Crippen LogP contribution in [0.2, 0.25) is 0 Å². The summed E-state index contributed by atoms with van der Waals surface area (Å²) in [5.74, 6) is -0.864. The fraction of sp³-hybridized carbons (Fsp3) is 0.800. The Bertz CT molecular complexity index is 1490. The standard InChI is InChI=1S/C75H134O6/c1-4-7-10-13-16-19-22-25-28-31-34-36-37-38-39-40-42-44-47-50-53-56-59-62-65-68-74(77)80-71-72(70-79-73(76)67-64-61-58-55-52-49-46-43-33-30-27-24-21-18-15-12-9-6-3)81-75(78)69-66-63-60-57-54-51-48-45-41-35-32-29-26-23-20-17-14-11-8-5-2/h7,10,16,19,25,28,34,36,38-39,42,44,72H,4-6,8-9,11-15,17-18,20-24,26-27,29-33,35,37,40-41,43,45-71H2,1-3H3/b10-7-,19-16-,28-25-,36-34-,39-38-,44-42-. The molecular weight excluding hydrogens is 997 g/mol. The molecule has 1 unspecified atom stereocenters. The fourth-order valence-corrected chi connectivity index (χ4v) is 10.5. The number of esters is 3. The highest BCUT2D eigenvalue weighted by atomic mass is 16.6. The van der Waals surface area contributed by atoms with Gasteiger partial charge in [-0.2, -0.15) is 0 Å². The van der Waals surface area contributed by atoms with Crippen molar-refractivity contribution in [3.63, 3.8) is 0 Å². The van der Waals surface area contributed by atoms with Crippen molar-refractivity contribution in [3.8, 4) is 0 Å². The van der Waals surface area contributed by atoms with E-state index < -0.39 is 6.10 Å². The van der Waals surface area contributed by atoms with Crippen LogP contribution in [-0.2, 0) is 28.6 Å². The first-order valence-electron chi connectivity index (χ1n) is 35.4. The zero-order valence-corrected chi connectivity index (χ0v) is 54.1. The predicted octanol–water partition coefficient (Wildman–Crippen LogP) is 24.4. The highest BCUT2D eigenvalue weighted by Crippen LogP contribution is 2.18. The molecule has 0 saturated heterocycles. The van der Waals surface area contributed by atoms with Crippen LogP contribution >= 0.6 is 0 Å². The Hall–Kier alpha value is -3.15. The molecule has 0 aliphatic heterocycles. The molecule has 0 heterocycles. The average molecular weight is 1130 g/mol. The van der Waals surface area contributed by atoms with Crippen LogP contribution in [0.15, 0.2) is 72.9 Å². The van der Waals surface area contributed by atoms with Gasteiger partial charge >= 0.3 is 17.9 Å². The van der Waals surface area contributed by atoms with E-state index in [0.717, 1.165) is 103 Å². The summed E-state index contributed by atoms with van der Waals surface area (Å²) >= 11 is 0. The maximum Gasteiger partial charge on any atom is 0.306 e. The van der Waals surface area contributed by atoms with Gasteiger partial charge < -0.3 is 14.2 Å². The number of ether oxygens (including phenoxy) is 3. The van der Waals surface area contributed by atoms with E-state index in [9.17, 15) is 14.4 Å². The number of allylic oxidation sites excluding steroid dienone is 12. The zero-order chi connectivity index (χ0) is 58.5. The maximum atomic E-state index is 13.0. The summed E-state index contributed by atoms with van der Waals surface area (Å²) in [6.07, 6.45) is 90.6. The van der Waals surface area contributed by atoms with Gasteiger partial charge in [-0.3, -0.25) is 14.4 Å². The van der Waals surface area contributed by atoms with Crippen LogP contribution in [0.4, 0.5) is 0 Å². The largest absolute Gasteiger partial charge is 0.462 e. The Morgan fingerprint density at radius 1 is 0.259 bits per heavy atom. The van der Waals surface area contributed by atoms with E-state index in [1.807, 2.05) is 0 Å². The summed E-state index contributed by atoms with van der Waals surface area (Å²) in [4.78, 5) is 38.5. The second-order valence-corrected chi connectivity index (χ2v) is 23.8. The van der Waals surface area contributed by atoms with Crippen LogP contribution in [-0.4, -0.2) is 37.2 Å². The summed E-state index contributed by atoms with van der Waals surface area (Å²) in [5, 5.41) is 0. The van der Waals surface area contributed by atoms with Gasteiger partial charge in [0.15, 0.2) is 6.10 Å². The number of carbonyl (C=O) groups is 3. The topological polar surface area (TPSA) is 78.9 Å². The van der Waals surface area contributed by atoms with Crippen LogP contribution in [0.3, 0.4) is 0 Å². The van der Waals surface area contributed by atoms with Crippen LogP contribution in [0.25, 0.3) is 0 Å². The van der Waals surface area contributed by atoms with E-state index in [1.54, 1.807) is 0 Å². The van der Waals surface area contributed by atoms with Crippen LogP contribution < -0.4 is 0 Å². The highest BCUT2D eigenvalue weighted by molar-refractivity contribution is 5.71. The molecule has 0 fully saturated rings. The summed E-state index contributed by atoms with van der Waals surface area (Å²) in [6.45, 7) is 6.58. The first kappa shape index (κ1) is 77.9. The molecule has 0 spiro atoms. The zero-order valence-electron chi connectivity index (χ0n) is 54.1. The molecule has 0 aromatic rings. The van der Waals surface area contributed by atoms with Gasteiger partial charge in [-0.05, 0) is 70.6 Å². The molecule has 6 heteroatoms. The van der Waals surface area contributed by atoms with Gasteiger partial charge in [-0.1, -0.05) is 351 Å². The van der Waals surface area contributed by atoms with Crippen molar-refractivity contribution < 1.29 is 28.6 Å². The number of hydrogen-bond acceptors (Lipinski definition) is 6. The third-order valence-corrected chi connectivity index (χ3v) is 15.7. The van der Waals surface area contributed by atoms with Crippen molar-refractivity contribution >= 4 is 17.9 Å². The summed E-state index contributed by atoms with van der Waals surface area (Å²) in [7, 11) is 0. The Labute approximate surface area is 503 Å². The molecule has 0 aliphatic carbocycles. The van der Waals surface area contributed by atoms with Gasteiger partial charge in [0, 0.05) is 19.3 Å². The Morgan fingerprint density at radius 2 is 0.481 bits per heavy atom. The van der Waals surface area contributed by atoms with Gasteiger partial charge in [0.2, 0.25) is 0 Å². The molecule has 0 bridgehead atoms. The molecule has 6 nitrogen and oxygen atoms in total. The molecular formula is C75H134O6. The molecule has 0 aromatic heterocycles. The number of carbonyl (C=O) groups excluding carboxylic acids is 3. The van der Waals surface area contributed by atoms with E-state index in [-0.39, 0.29) is 31.1 Å². The van der Waals surface area contributed by atoms with Crippen molar-refractivity contribution in [3.05, 3.63) is 72.9 Å². The second-order valence-electron chi connectivity index (χ2n) is 23.8. The molecule has 0 aliphatic rings. The molecule has 0 rings (SSSR count). The van der Waals surface area contributed by atoms with Crippen molar-refractivity contribution in [2.75, 3.05) is 13.2 Å². The van der Waals surface area contributed by atoms with Crippen molar-refractivity contribution in [1.29, 1.82) is 0 Å². The maximum absolute atomic E-state index is 13.0. The van der Waals surface area contributed by atoms with E-state index in [1.165, 1.54) is 225 Å². The van der Waals surface area contributed by atoms with Crippen LogP contribution in [0, 0.1) is 0 Å². The van der Waals surface area contributed by atoms with Gasteiger partial charge in [0.1, 0.15) is 13.2 Å². The molecule has 470 valence electrons. The van der Waals surface area contributed by atoms with Gasteiger partial charge in [0.25, 0.3) is 0 Å². The molecule has 0 radical (unpaired) electrons. The van der Waals surface area contributed by atoms with Crippen molar-refractivity contribution in [2.24, 2.45) is 0 Å². The normalized spacial score (nSPS) is 12.5. The van der Waals surface area contributed by atoms with E-state index >= 15 is 0 Å². The summed E-state index contributed by atoms with van der Waals surface area (Å²) in [5.41, 5.74) is 0. The van der Waals surface area contributed by atoms with Crippen molar-refractivity contribution in [2.45, 2.75) is 374 Å². The number of hydrogen-bond donors (Lipinski definition) is 0. The fourth-order valence-electron chi connectivity index (χ4n) is 10.5. The molecule has 0 N–H and O–H groups in total. The second kappa shape index (κ2) is 69.3. The molecule has 0 aromatic carbocycles. The highest BCUT2D eigenvalue weighted by Gasteiger charge is 2.19. The Balaban J connectivity index is 4.36. The van der Waals surface area contributed by atoms with E-state index in [4.69, 9.17) is 14.2 Å². The Kier molecular flexibility index (Phi) is 66.6. The first-order chi connectivity index (χ1) is 40.0. The van der Waals surface area contributed by atoms with E-state index in [2.05, 4.69) is 93.7 Å². The summed E-state index contributed by atoms with van der Waals surface area (Å²) in [6, 6.07) is 0. The van der Waals surface area contributed by atoms with Gasteiger partial charge in [-0.25, -0.2) is 0 Å². The molecule has 0 amide bonds. The lowest BCUT2D eigenvalue weighted by atomic mass is 10.0. The molecule has 0 saturated carbocycles. The van der Waals surface area contributed by atoms with Crippen LogP contribution in [0.5, 0.6) is 0 Å². The lowest BCUT2D eigenvalue weighted by Gasteiger charge is -2.18. The average Bonchev–Trinajstić information content (AvgIpc) is 3.47. The quantitative estimate of drug-likeness (QED) is 0.0261. The summed E-state index contributed by atoms with van der Waals surface area (Å²) < 4.78 is 17.0. The van der Waals surface area contributed by atoms with E-state index in [0.29, 0.717) is 19.3 Å². The smallest absolute Gasteiger partial charge is 0.306 e.